The second-order valence-corrected chi connectivity index (χ2v) is 9.59. The number of aromatic amines is 1. The molecule has 10 heteroatoms. The maximum absolute atomic E-state index is 13.6. The van der Waals surface area contributed by atoms with Crippen molar-refractivity contribution in [3.63, 3.8) is 0 Å². The molecule has 0 amide bonds. The molecule has 0 spiro atoms. The Morgan fingerprint density at radius 3 is 2.47 bits per heavy atom. The first-order chi connectivity index (χ1) is 17.5. The number of pyridine rings is 1. The predicted molar refractivity (Wildman–Crippen MR) is 136 cm³/mol. The maximum Gasteiger partial charge on any atom is 0.283 e. The Morgan fingerprint density at radius 1 is 1.03 bits per heavy atom. The van der Waals surface area contributed by atoms with E-state index >= 15 is 0 Å². The standard InChI is InChI=1S/C26H22N4O5S/c1-33-19-10-14(11-20(34-2)23(19)35-3)13-8-15-16(18(31)9-13)12-27-24-22(15)25(32)30(29-24)26-28-17-6-4-5-7-21(17)36-26/h4-7,10-13H,8-9H2,1-3H3,(H,27,29). The van der Waals surface area contributed by atoms with E-state index in [1.165, 1.54) is 16.0 Å². The van der Waals surface area contributed by atoms with Crippen molar-refractivity contribution in [3.05, 3.63) is 69.6 Å². The molecule has 2 aromatic carbocycles. The highest BCUT2D eigenvalue weighted by Crippen LogP contribution is 2.43. The maximum atomic E-state index is 13.6. The SMILES string of the molecule is COc1cc(C2CC(=O)c3cnc4[nH]n(-c5nc6ccccc6s5)c(=O)c4c3C2)cc(OC)c1OC. The summed E-state index contributed by atoms with van der Waals surface area (Å²) in [4.78, 5) is 35.8. The third kappa shape index (κ3) is 3.36. The molecule has 0 aliphatic heterocycles. The zero-order valence-corrected chi connectivity index (χ0v) is 20.6. The molecule has 0 bridgehead atoms. The van der Waals surface area contributed by atoms with E-state index in [1.807, 2.05) is 36.4 Å². The summed E-state index contributed by atoms with van der Waals surface area (Å²) in [5.41, 5.74) is 3.02. The minimum absolute atomic E-state index is 0.0588. The second kappa shape index (κ2) is 8.49. The number of H-pyrrole nitrogens is 1. The van der Waals surface area contributed by atoms with Crippen LogP contribution in [0.15, 0.2) is 47.4 Å². The lowest BCUT2D eigenvalue weighted by Crippen LogP contribution is -2.22. The average Bonchev–Trinajstić information content (AvgIpc) is 3.48. The van der Waals surface area contributed by atoms with Crippen LogP contribution >= 0.6 is 11.3 Å². The van der Waals surface area contributed by atoms with Gasteiger partial charge >= 0.3 is 0 Å². The van der Waals surface area contributed by atoms with Crippen LogP contribution in [0.25, 0.3) is 26.4 Å². The van der Waals surface area contributed by atoms with E-state index in [-0.39, 0.29) is 23.7 Å². The van der Waals surface area contributed by atoms with Gasteiger partial charge < -0.3 is 14.2 Å². The molecule has 36 heavy (non-hydrogen) atoms. The quantitative estimate of drug-likeness (QED) is 0.382. The van der Waals surface area contributed by atoms with E-state index < -0.39 is 0 Å². The van der Waals surface area contributed by atoms with Crippen molar-refractivity contribution in [1.82, 2.24) is 19.7 Å². The van der Waals surface area contributed by atoms with Crippen molar-refractivity contribution in [3.8, 4) is 22.4 Å². The number of ether oxygens (including phenoxy) is 3. The highest BCUT2D eigenvalue weighted by atomic mass is 32.1. The normalized spacial score (nSPS) is 15.3. The molecule has 1 aliphatic carbocycles. The Bertz CT molecular complexity index is 1660. The lowest BCUT2D eigenvalue weighted by molar-refractivity contribution is 0.0964. The molecule has 1 atom stereocenters. The van der Waals surface area contributed by atoms with E-state index in [4.69, 9.17) is 14.2 Å². The Labute approximate surface area is 209 Å². The Balaban J connectivity index is 1.48. The van der Waals surface area contributed by atoms with Crippen LogP contribution in [0.3, 0.4) is 0 Å². The molecule has 9 nitrogen and oxygen atoms in total. The Morgan fingerprint density at radius 2 is 1.78 bits per heavy atom. The van der Waals surface area contributed by atoms with E-state index in [2.05, 4.69) is 15.1 Å². The summed E-state index contributed by atoms with van der Waals surface area (Å²) in [5.74, 6) is 1.29. The van der Waals surface area contributed by atoms with Crippen molar-refractivity contribution >= 4 is 38.4 Å². The Hall–Kier alpha value is -4.18. The fourth-order valence-corrected chi connectivity index (χ4v) is 5.83. The van der Waals surface area contributed by atoms with Crippen LogP contribution in [-0.2, 0) is 6.42 Å². The monoisotopic (exact) mass is 502 g/mol. The molecular weight excluding hydrogens is 480 g/mol. The molecule has 0 radical (unpaired) electrons. The van der Waals surface area contributed by atoms with Gasteiger partial charge in [-0.3, -0.25) is 14.7 Å². The van der Waals surface area contributed by atoms with Crippen LogP contribution < -0.4 is 19.8 Å². The number of aromatic nitrogens is 4. The number of nitrogens with zero attached hydrogens (tertiary/aromatic N) is 3. The van der Waals surface area contributed by atoms with E-state index in [0.717, 1.165) is 15.8 Å². The number of rotatable bonds is 5. The minimum Gasteiger partial charge on any atom is -0.493 e. The van der Waals surface area contributed by atoms with Gasteiger partial charge in [-0.05, 0) is 47.7 Å². The first-order valence-electron chi connectivity index (χ1n) is 11.3. The number of carbonyl (C=O) groups excluding carboxylic acids is 1. The van der Waals surface area contributed by atoms with Gasteiger partial charge in [-0.1, -0.05) is 23.5 Å². The fourth-order valence-electron chi connectivity index (χ4n) is 4.90. The average molecular weight is 503 g/mol. The number of benzene rings is 2. The first kappa shape index (κ1) is 22.3. The third-order valence-corrected chi connectivity index (χ3v) is 7.66. The zero-order chi connectivity index (χ0) is 25.0. The number of thiazole rings is 1. The van der Waals surface area contributed by atoms with E-state index in [1.54, 1.807) is 27.5 Å². The number of Topliss-reactive ketones (excluding diaryl/α,β-unsaturated/α-hetero) is 1. The molecule has 0 fully saturated rings. The Kier molecular flexibility index (Phi) is 5.26. The number of para-hydroxylation sites is 1. The lowest BCUT2D eigenvalue weighted by Gasteiger charge is -2.25. The number of hydrogen-bond acceptors (Lipinski definition) is 8. The van der Waals surface area contributed by atoms with Crippen molar-refractivity contribution in [2.45, 2.75) is 18.8 Å². The highest BCUT2D eigenvalue weighted by Gasteiger charge is 2.31. The van der Waals surface area contributed by atoms with Gasteiger partial charge in [-0.2, -0.15) is 4.68 Å². The number of ketones is 1. The van der Waals surface area contributed by atoms with E-state index in [9.17, 15) is 9.59 Å². The molecule has 1 unspecified atom stereocenters. The van der Waals surface area contributed by atoms with Gasteiger partial charge in [0, 0.05) is 18.2 Å². The van der Waals surface area contributed by atoms with Gasteiger partial charge in [0.2, 0.25) is 10.9 Å². The van der Waals surface area contributed by atoms with Crippen LogP contribution in [0, 0.1) is 0 Å². The molecular formula is C26H22N4O5S. The summed E-state index contributed by atoms with van der Waals surface area (Å²) >= 11 is 1.41. The molecule has 3 heterocycles. The van der Waals surface area contributed by atoms with Crippen LogP contribution in [0.1, 0.15) is 33.8 Å². The minimum atomic E-state index is -0.272. The molecule has 6 rings (SSSR count). The highest BCUT2D eigenvalue weighted by molar-refractivity contribution is 7.20. The molecule has 3 aromatic heterocycles. The molecule has 0 saturated heterocycles. The molecule has 1 aliphatic rings. The van der Waals surface area contributed by atoms with Crippen LogP contribution in [-0.4, -0.2) is 46.9 Å². The fraction of sp³-hybridized carbons (Fsp3) is 0.231. The van der Waals surface area contributed by atoms with Crippen molar-refractivity contribution in [2.75, 3.05) is 21.3 Å². The van der Waals surface area contributed by atoms with Gasteiger partial charge in [0.25, 0.3) is 5.56 Å². The van der Waals surface area contributed by atoms with Crippen LogP contribution in [0.4, 0.5) is 0 Å². The van der Waals surface area contributed by atoms with Crippen molar-refractivity contribution in [1.29, 1.82) is 0 Å². The molecule has 1 N–H and O–H groups in total. The number of fused-ring (bicyclic) bond motifs is 4. The summed E-state index contributed by atoms with van der Waals surface area (Å²) in [7, 11) is 4.66. The van der Waals surface area contributed by atoms with Gasteiger partial charge in [-0.25, -0.2) is 9.97 Å². The summed E-state index contributed by atoms with van der Waals surface area (Å²) in [6.07, 6.45) is 2.34. The number of carbonyl (C=O) groups is 1. The molecule has 182 valence electrons. The zero-order valence-electron chi connectivity index (χ0n) is 19.8. The smallest absolute Gasteiger partial charge is 0.283 e. The predicted octanol–water partition coefficient (Wildman–Crippen LogP) is 4.26. The summed E-state index contributed by atoms with van der Waals surface area (Å²) in [6.45, 7) is 0. The summed E-state index contributed by atoms with van der Waals surface area (Å²) < 4.78 is 18.8. The van der Waals surface area contributed by atoms with E-state index in [0.29, 0.717) is 51.0 Å². The van der Waals surface area contributed by atoms with Gasteiger partial charge in [0.05, 0.1) is 36.9 Å². The summed E-state index contributed by atoms with van der Waals surface area (Å²) in [6, 6.07) is 11.4. The van der Waals surface area contributed by atoms with Crippen LogP contribution in [0.5, 0.6) is 17.2 Å². The van der Waals surface area contributed by atoms with Crippen molar-refractivity contribution < 1.29 is 19.0 Å². The van der Waals surface area contributed by atoms with Crippen molar-refractivity contribution in [2.24, 2.45) is 0 Å². The van der Waals surface area contributed by atoms with Gasteiger partial charge in [-0.15, -0.1) is 0 Å². The second-order valence-electron chi connectivity index (χ2n) is 8.58. The number of nitrogens with one attached hydrogen (secondary N) is 1. The van der Waals surface area contributed by atoms with Gasteiger partial charge in [0.15, 0.2) is 22.9 Å². The largest absolute Gasteiger partial charge is 0.493 e. The number of hydrogen-bond donors (Lipinski definition) is 1. The number of methoxy groups -OCH3 is 3. The molecule has 5 aromatic rings. The third-order valence-electron chi connectivity index (χ3n) is 6.64. The molecule has 0 saturated carbocycles. The lowest BCUT2D eigenvalue weighted by atomic mass is 9.79. The first-order valence-corrected chi connectivity index (χ1v) is 12.2. The van der Waals surface area contributed by atoms with Gasteiger partial charge in [0.1, 0.15) is 0 Å². The topological polar surface area (TPSA) is 108 Å². The summed E-state index contributed by atoms with van der Waals surface area (Å²) in [5, 5.41) is 4.02. The van der Waals surface area contributed by atoms with Crippen LogP contribution in [0.2, 0.25) is 0 Å².